The van der Waals surface area contributed by atoms with E-state index in [1.54, 1.807) is 0 Å². The van der Waals surface area contributed by atoms with Gasteiger partial charge in [0.05, 0.1) is 17.2 Å². The maximum atomic E-state index is 13.2. The number of carbonyl (C=O) groups is 1. The monoisotopic (exact) mass is 448 g/mol. The molecule has 1 saturated heterocycles. The van der Waals surface area contributed by atoms with Gasteiger partial charge in [-0.2, -0.15) is 4.31 Å². The molecule has 6 nitrogen and oxygen atoms in total. The maximum Gasteiger partial charge on any atom is 0.255 e. The summed E-state index contributed by atoms with van der Waals surface area (Å²) in [6.07, 6.45) is 2.78. The lowest BCUT2D eigenvalue weighted by molar-refractivity contribution is -0.0440. The molecule has 0 aromatic heterocycles. The highest BCUT2D eigenvalue weighted by Crippen LogP contribution is 2.29. The van der Waals surface area contributed by atoms with E-state index < -0.39 is 10.0 Å². The molecule has 2 aliphatic rings. The van der Waals surface area contributed by atoms with Gasteiger partial charge in [0, 0.05) is 24.3 Å². The van der Waals surface area contributed by atoms with E-state index in [1.807, 2.05) is 32.0 Å². The minimum atomic E-state index is -3.85. The lowest BCUT2D eigenvalue weighted by Gasteiger charge is -2.34. The van der Waals surface area contributed by atoms with Gasteiger partial charge in [-0.15, -0.1) is 0 Å². The number of aryl methyl sites for hydroxylation is 2. The van der Waals surface area contributed by atoms with E-state index in [9.17, 15) is 13.2 Å². The molecule has 160 valence electrons. The smallest absolute Gasteiger partial charge is 0.255 e. The lowest BCUT2D eigenvalue weighted by atomic mass is 10.1. The van der Waals surface area contributed by atoms with E-state index in [1.165, 1.54) is 33.6 Å². The van der Waals surface area contributed by atoms with Crippen molar-refractivity contribution in [2.75, 3.05) is 18.4 Å². The van der Waals surface area contributed by atoms with E-state index in [2.05, 4.69) is 5.32 Å². The van der Waals surface area contributed by atoms with Gasteiger partial charge in [0.2, 0.25) is 10.0 Å². The van der Waals surface area contributed by atoms with Crippen LogP contribution in [0.2, 0.25) is 5.02 Å². The second-order valence-electron chi connectivity index (χ2n) is 8.02. The van der Waals surface area contributed by atoms with E-state index in [0.717, 1.165) is 19.3 Å². The zero-order valence-electron chi connectivity index (χ0n) is 17.0. The normalized spacial score (nSPS) is 22.0. The summed E-state index contributed by atoms with van der Waals surface area (Å²) in [5, 5.41) is 2.96. The fraction of sp³-hybridized carbons (Fsp3) is 0.409. The number of rotatable bonds is 4. The fourth-order valence-electron chi connectivity index (χ4n) is 4.16. The quantitative estimate of drug-likeness (QED) is 0.770. The van der Waals surface area contributed by atoms with Crippen LogP contribution in [0.15, 0.2) is 41.3 Å². The van der Waals surface area contributed by atoms with Crippen LogP contribution in [0.1, 0.15) is 41.8 Å². The molecule has 8 heteroatoms. The summed E-state index contributed by atoms with van der Waals surface area (Å²) < 4.78 is 33.4. The molecule has 1 heterocycles. The average molecular weight is 449 g/mol. The van der Waals surface area contributed by atoms with E-state index >= 15 is 0 Å². The number of ether oxygens (including phenoxy) is 1. The highest BCUT2D eigenvalue weighted by molar-refractivity contribution is 7.89. The van der Waals surface area contributed by atoms with E-state index in [0.29, 0.717) is 5.69 Å². The van der Waals surface area contributed by atoms with Crippen LogP contribution in [-0.4, -0.2) is 43.9 Å². The summed E-state index contributed by atoms with van der Waals surface area (Å²) >= 11 is 6.23. The Bertz CT molecular complexity index is 1080. The highest BCUT2D eigenvalue weighted by atomic mass is 35.5. The maximum absolute atomic E-state index is 13.2. The number of sulfonamides is 1. The van der Waals surface area contributed by atoms with Crippen molar-refractivity contribution in [2.24, 2.45) is 0 Å². The van der Waals surface area contributed by atoms with Crippen molar-refractivity contribution in [1.82, 2.24) is 4.31 Å². The molecule has 30 heavy (non-hydrogen) atoms. The Morgan fingerprint density at radius 1 is 1.07 bits per heavy atom. The first kappa shape index (κ1) is 21.3. The third kappa shape index (κ3) is 4.25. The number of morpholine rings is 1. The minimum Gasteiger partial charge on any atom is -0.373 e. The number of halogens is 1. The Morgan fingerprint density at radius 2 is 1.77 bits per heavy atom. The van der Waals surface area contributed by atoms with Crippen molar-refractivity contribution in [2.45, 2.75) is 50.2 Å². The molecule has 1 N–H and O–H groups in total. The third-order valence-electron chi connectivity index (χ3n) is 5.55. The summed E-state index contributed by atoms with van der Waals surface area (Å²) in [4.78, 5) is 12.7. The van der Waals surface area contributed by atoms with Crippen LogP contribution in [0, 0.1) is 0 Å². The van der Waals surface area contributed by atoms with E-state index in [-0.39, 0.29) is 46.7 Å². The van der Waals surface area contributed by atoms with Crippen LogP contribution in [0.5, 0.6) is 0 Å². The number of amides is 1. The highest BCUT2D eigenvalue weighted by Gasteiger charge is 2.34. The molecule has 0 spiro atoms. The Kier molecular flexibility index (Phi) is 5.90. The molecule has 1 aliphatic carbocycles. The minimum absolute atomic E-state index is 0.0629. The number of nitrogens with one attached hydrogen (secondary N) is 1. The van der Waals surface area contributed by atoms with E-state index in [4.69, 9.17) is 16.3 Å². The van der Waals surface area contributed by atoms with Gasteiger partial charge in [-0.25, -0.2) is 8.42 Å². The summed E-state index contributed by atoms with van der Waals surface area (Å²) in [7, 11) is -3.85. The number of carbonyl (C=O) groups excluding carboxylic acids is 1. The second-order valence-corrected chi connectivity index (χ2v) is 10.3. The van der Waals surface area contributed by atoms with Crippen LogP contribution >= 0.6 is 11.6 Å². The molecule has 2 aromatic carbocycles. The van der Waals surface area contributed by atoms with Gasteiger partial charge < -0.3 is 10.1 Å². The van der Waals surface area contributed by atoms with Crippen LogP contribution < -0.4 is 5.32 Å². The SMILES string of the molecule is C[C@@H]1CN(S(=O)(=O)c2cc(C(=O)Nc3ccc4c(c3)CCC4)ccc2Cl)C[C@H](C)O1. The largest absolute Gasteiger partial charge is 0.373 e. The van der Waals surface area contributed by atoms with Gasteiger partial charge in [0.1, 0.15) is 4.90 Å². The average Bonchev–Trinajstić information content (AvgIpc) is 3.15. The van der Waals surface area contributed by atoms with Crippen molar-refractivity contribution in [3.63, 3.8) is 0 Å². The Hall–Kier alpha value is -1.93. The van der Waals surface area contributed by atoms with Crippen LogP contribution in [0.25, 0.3) is 0 Å². The predicted octanol–water partition coefficient (Wildman–Crippen LogP) is 3.88. The third-order valence-corrected chi connectivity index (χ3v) is 7.87. The first-order valence-electron chi connectivity index (χ1n) is 10.1. The molecule has 1 amide bonds. The number of nitrogens with zero attached hydrogens (tertiary/aromatic N) is 1. The van der Waals surface area contributed by atoms with Gasteiger partial charge in [0.25, 0.3) is 5.91 Å². The molecule has 4 rings (SSSR count). The number of anilines is 1. The molecule has 1 aliphatic heterocycles. The van der Waals surface area contributed by atoms with Crippen LogP contribution in [-0.2, 0) is 27.6 Å². The van der Waals surface area contributed by atoms with Crippen molar-refractivity contribution in [3.8, 4) is 0 Å². The summed E-state index contributed by atoms with van der Waals surface area (Å²) in [6.45, 7) is 4.16. The predicted molar refractivity (Wildman–Crippen MR) is 117 cm³/mol. The summed E-state index contributed by atoms with van der Waals surface area (Å²) in [5.74, 6) is -0.371. The Morgan fingerprint density at radius 3 is 2.50 bits per heavy atom. The van der Waals surface area contributed by atoms with Crippen molar-refractivity contribution in [1.29, 1.82) is 0 Å². The molecular formula is C22H25ClN2O4S. The Balaban J connectivity index is 1.59. The Labute approximate surface area is 182 Å². The molecule has 2 atom stereocenters. The van der Waals surface area contributed by atoms with Crippen LogP contribution in [0.3, 0.4) is 0 Å². The first-order chi connectivity index (χ1) is 14.2. The molecule has 1 fully saturated rings. The number of hydrogen-bond acceptors (Lipinski definition) is 4. The van der Waals surface area contributed by atoms with Gasteiger partial charge in [-0.3, -0.25) is 4.79 Å². The zero-order chi connectivity index (χ0) is 21.5. The van der Waals surface area contributed by atoms with Gasteiger partial charge in [-0.1, -0.05) is 17.7 Å². The van der Waals surface area contributed by atoms with Crippen molar-refractivity contribution in [3.05, 3.63) is 58.1 Å². The first-order valence-corrected chi connectivity index (χ1v) is 11.9. The molecule has 0 bridgehead atoms. The molecular weight excluding hydrogens is 424 g/mol. The summed E-state index contributed by atoms with van der Waals surface area (Å²) in [5.41, 5.74) is 3.52. The summed E-state index contributed by atoms with van der Waals surface area (Å²) in [6, 6.07) is 10.3. The zero-order valence-corrected chi connectivity index (χ0v) is 18.6. The van der Waals surface area contributed by atoms with Crippen molar-refractivity contribution >= 4 is 33.2 Å². The number of benzene rings is 2. The number of fused-ring (bicyclic) bond motifs is 1. The van der Waals surface area contributed by atoms with Crippen molar-refractivity contribution < 1.29 is 17.9 Å². The fourth-order valence-corrected chi connectivity index (χ4v) is 6.25. The van der Waals surface area contributed by atoms with Crippen LogP contribution in [0.4, 0.5) is 5.69 Å². The molecule has 0 unspecified atom stereocenters. The topological polar surface area (TPSA) is 75.7 Å². The molecule has 2 aromatic rings. The van der Waals surface area contributed by atoms with Gasteiger partial charge >= 0.3 is 0 Å². The second kappa shape index (κ2) is 8.30. The lowest BCUT2D eigenvalue weighted by Crippen LogP contribution is -2.48. The number of hydrogen-bond donors (Lipinski definition) is 1. The molecule has 0 radical (unpaired) electrons. The standard InChI is InChI=1S/C22H25ClN2O4S/c1-14-12-25(13-15(2)29-14)30(27,28)21-11-18(7-9-20(21)23)22(26)24-19-8-6-16-4-3-5-17(16)10-19/h6-11,14-15H,3-5,12-13H2,1-2H3,(H,24,26)/t14-,15+. The molecule has 0 saturated carbocycles. The van der Waals surface area contributed by atoms with Gasteiger partial charge in [-0.05, 0) is 74.6 Å². The van der Waals surface area contributed by atoms with Gasteiger partial charge in [0.15, 0.2) is 0 Å².